The van der Waals surface area contributed by atoms with Gasteiger partial charge in [0.25, 0.3) is 0 Å². The summed E-state index contributed by atoms with van der Waals surface area (Å²) in [5, 5.41) is 3.68. The number of aromatic amines is 1. The molecule has 90 valence electrons. The number of halogens is 1. The Hall–Kier alpha value is -1.88. The summed E-state index contributed by atoms with van der Waals surface area (Å²) in [6.07, 6.45) is 5.08. The first-order valence-electron chi connectivity index (χ1n) is 4.96. The van der Waals surface area contributed by atoms with Crippen LogP contribution < -0.4 is 4.90 Å². The molecule has 0 spiro atoms. The standard InChI is InChI=1S/C8H10ClN3.C3H4N2/c1-12(2)8-5-3-7(4-6-8)10-11-9;1-2-5-3-4-1/h3-6H,1-2H3;1-3H,(H,4,5)/b11-10+;. The Kier molecular flexibility index (Phi) is 5.74. The van der Waals surface area contributed by atoms with Gasteiger partial charge in [-0.05, 0) is 24.3 Å². The van der Waals surface area contributed by atoms with Gasteiger partial charge in [0.2, 0.25) is 0 Å². The topological polar surface area (TPSA) is 56.6 Å². The van der Waals surface area contributed by atoms with Gasteiger partial charge in [-0.25, -0.2) is 4.98 Å². The fourth-order valence-corrected chi connectivity index (χ4v) is 1.16. The van der Waals surface area contributed by atoms with Crippen LogP contribution in [-0.2, 0) is 0 Å². The number of benzene rings is 1. The van der Waals surface area contributed by atoms with Crippen LogP contribution in [-0.4, -0.2) is 24.1 Å². The van der Waals surface area contributed by atoms with Crippen LogP contribution in [0.5, 0.6) is 0 Å². The summed E-state index contributed by atoms with van der Waals surface area (Å²) in [6, 6.07) is 7.64. The van der Waals surface area contributed by atoms with E-state index < -0.39 is 0 Å². The Balaban J connectivity index is 0.000000239. The molecule has 1 aromatic carbocycles. The maximum absolute atomic E-state index is 5.09. The summed E-state index contributed by atoms with van der Waals surface area (Å²) in [5.41, 5.74) is 1.89. The van der Waals surface area contributed by atoms with Crippen LogP contribution in [0.3, 0.4) is 0 Å². The number of rotatable bonds is 2. The molecule has 1 N–H and O–H groups in total. The molecule has 17 heavy (non-hydrogen) atoms. The van der Waals surface area contributed by atoms with Crippen molar-refractivity contribution in [1.82, 2.24) is 9.97 Å². The third-order valence-electron chi connectivity index (χ3n) is 1.93. The minimum atomic E-state index is 0.760. The molecule has 0 aliphatic rings. The Morgan fingerprint density at radius 1 is 1.24 bits per heavy atom. The second kappa shape index (κ2) is 7.40. The number of nitrogens with zero attached hydrogens (tertiary/aromatic N) is 4. The predicted octanol–water partition coefficient (Wildman–Crippen LogP) is 3.40. The van der Waals surface area contributed by atoms with Crippen molar-refractivity contribution in [2.45, 2.75) is 0 Å². The Labute approximate surface area is 105 Å². The monoisotopic (exact) mass is 251 g/mol. The lowest BCUT2D eigenvalue weighted by Crippen LogP contribution is -2.07. The third kappa shape index (κ3) is 5.12. The molecule has 0 radical (unpaired) electrons. The lowest BCUT2D eigenvalue weighted by Gasteiger charge is -2.11. The molecule has 2 rings (SSSR count). The normalized spacial score (nSPS) is 9.82. The number of aromatic nitrogens is 2. The van der Waals surface area contributed by atoms with Crippen molar-refractivity contribution in [3.05, 3.63) is 43.0 Å². The lowest BCUT2D eigenvalue weighted by molar-refractivity contribution is 1.13. The number of H-pyrrole nitrogens is 1. The Morgan fingerprint density at radius 3 is 2.29 bits per heavy atom. The van der Waals surface area contributed by atoms with Crippen LogP contribution in [0.1, 0.15) is 0 Å². The Morgan fingerprint density at radius 2 is 1.94 bits per heavy atom. The van der Waals surface area contributed by atoms with Crippen molar-refractivity contribution in [3.63, 3.8) is 0 Å². The van der Waals surface area contributed by atoms with Gasteiger partial charge in [-0.1, -0.05) is 4.63 Å². The number of nitrogens with one attached hydrogen (secondary N) is 1. The molecule has 0 fully saturated rings. The van der Waals surface area contributed by atoms with Gasteiger partial charge in [0.05, 0.1) is 23.8 Å². The molecular weight excluding hydrogens is 238 g/mol. The van der Waals surface area contributed by atoms with Crippen LogP contribution in [0, 0.1) is 0 Å². The van der Waals surface area contributed by atoms with Crippen LogP contribution in [0.25, 0.3) is 0 Å². The van der Waals surface area contributed by atoms with Gasteiger partial charge >= 0.3 is 0 Å². The maximum Gasteiger partial charge on any atom is 0.0919 e. The molecule has 0 saturated carbocycles. The SMILES string of the molecule is CN(C)c1ccc(/N=N/Cl)cc1.c1c[nH]cn1. The van der Waals surface area contributed by atoms with E-state index in [1.807, 2.05) is 43.3 Å². The summed E-state index contributed by atoms with van der Waals surface area (Å²) in [4.78, 5) is 8.43. The zero-order valence-corrected chi connectivity index (χ0v) is 10.5. The van der Waals surface area contributed by atoms with E-state index in [1.54, 1.807) is 18.7 Å². The van der Waals surface area contributed by atoms with Crippen molar-refractivity contribution >= 4 is 23.2 Å². The number of hydrogen-bond acceptors (Lipinski definition) is 4. The second-order valence-electron chi connectivity index (χ2n) is 3.35. The minimum absolute atomic E-state index is 0.760. The van der Waals surface area contributed by atoms with E-state index in [4.69, 9.17) is 11.8 Å². The van der Waals surface area contributed by atoms with Gasteiger partial charge in [-0.3, -0.25) is 0 Å². The van der Waals surface area contributed by atoms with E-state index in [9.17, 15) is 0 Å². The summed E-state index contributed by atoms with van der Waals surface area (Å²) in [6.45, 7) is 0. The van der Waals surface area contributed by atoms with Crippen molar-refractivity contribution in [2.24, 2.45) is 9.75 Å². The van der Waals surface area contributed by atoms with Crippen LogP contribution in [0.4, 0.5) is 11.4 Å². The average Bonchev–Trinajstić information content (AvgIpc) is 2.89. The maximum atomic E-state index is 5.09. The summed E-state index contributed by atoms with van der Waals surface area (Å²) in [7, 11) is 3.97. The van der Waals surface area contributed by atoms with Crippen molar-refractivity contribution < 1.29 is 0 Å². The highest BCUT2D eigenvalue weighted by atomic mass is 35.5. The molecule has 0 bridgehead atoms. The first-order valence-corrected chi connectivity index (χ1v) is 5.30. The molecule has 2 aromatic rings. The molecule has 0 aliphatic carbocycles. The van der Waals surface area contributed by atoms with E-state index in [0.29, 0.717) is 0 Å². The van der Waals surface area contributed by atoms with E-state index >= 15 is 0 Å². The molecule has 0 aliphatic heterocycles. The van der Waals surface area contributed by atoms with Gasteiger partial charge in [0.15, 0.2) is 0 Å². The molecule has 0 amide bonds. The molecule has 1 aromatic heterocycles. The van der Waals surface area contributed by atoms with Gasteiger partial charge in [0, 0.05) is 32.2 Å². The van der Waals surface area contributed by atoms with E-state index in [-0.39, 0.29) is 0 Å². The largest absolute Gasteiger partial charge is 0.378 e. The first kappa shape index (κ1) is 13.2. The van der Waals surface area contributed by atoms with Crippen LogP contribution in [0.2, 0.25) is 0 Å². The lowest BCUT2D eigenvalue weighted by atomic mass is 10.3. The van der Waals surface area contributed by atoms with Crippen molar-refractivity contribution in [1.29, 1.82) is 0 Å². The van der Waals surface area contributed by atoms with Gasteiger partial charge < -0.3 is 9.88 Å². The van der Waals surface area contributed by atoms with Crippen LogP contribution in [0.15, 0.2) is 52.7 Å². The number of anilines is 1. The van der Waals surface area contributed by atoms with Crippen molar-refractivity contribution in [3.8, 4) is 0 Å². The molecule has 0 atom stereocenters. The number of hydrogen-bond donors (Lipinski definition) is 1. The third-order valence-corrected chi connectivity index (χ3v) is 2.00. The zero-order chi connectivity index (χ0) is 12.5. The van der Waals surface area contributed by atoms with E-state index in [0.717, 1.165) is 11.4 Å². The van der Waals surface area contributed by atoms with Crippen molar-refractivity contribution in [2.75, 3.05) is 19.0 Å². The highest BCUT2D eigenvalue weighted by Crippen LogP contribution is 2.18. The highest BCUT2D eigenvalue weighted by molar-refractivity contribution is 6.14. The zero-order valence-electron chi connectivity index (χ0n) is 9.71. The van der Waals surface area contributed by atoms with E-state index in [2.05, 4.69) is 19.7 Å². The molecule has 5 nitrogen and oxygen atoms in total. The fraction of sp³-hybridized carbons (Fsp3) is 0.182. The average molecular weight is 252 g/mol. The van der Waals surface area contributed by atoms with Gasteiger partial charge in [-0.15, -0.1) is 5.11 Å². The predicted molar refractivity (Wildman–Crippen MR) is 69.7 cm³/mol. The second-order valence-corrected chi connectivity index (χ2v) is 3.50. The van der Waals surface area contributed by atoms with Crippen LogP contribution >= 0.6 is 11.8 Å². The van der Waals surface area contributed by atoms with E-state index in [1.165, 1.54) is 0 Å². The molecule has 1 heterocycles. The quantitative estimate of drug-likeness (QED) is 0.832. The summed E-state index contributed by atoms with van der Waals surface area (Å²) < 4.78 is 3.16. The molecule has 0 unspecified atom stereocenters. The highest BCUT2D eigenvalue weighted by Gasteiger charge is 1.93. The smallest absolute Gasteiger partial charge is 0.0919 e. The summed E-state index contributed by atoms with van der Waals surface area (Å²) >= 11 is 5.09. The fourth-order valence-electron chi connectivity index (χ4n) is 1.08. The van der Waals surface area contributed by atoms with Gasteiger partial charge in [-0.2, -0.15) is 0 Å². The number of imidazole rings is 1. The first-order chi connectivity index (χ1) is 8.24. The molecule has 0 saturated heterocycles. The summed E-state index contributed by atoms with van der Waals surface area (Å²) in [5.74, 6) is 0. The Bertz CT molecular complexity index is 404. The molecular formula is C11H14ClN5. The molecule has 6 heteroatoms. The minimum Gasteiger partial charge on any atom is -0.378 e. The van der Waals surface area contributed by atoms with Gasteiger partial charge in [0.1, 0.15) is 0 Å².